The lowest BCUT2D eigenvalue weighted by molar-refractivity contribution is 0.0354. The Morgan fingerprint density at radius 3 is 2.75 bits per heavy atom. The lowest BCUT2D eigenvalue weighted by atomic mass is 9.97. The Hall–Kier alpha value is -1.35. The van der Waals surface area contributed by atoms with Crippen molar-refractivity contribution in [3.05, 3.63) is 34.4 Å². The molecule has 1 fully saturated rings. The number of fused-ring (bicyclic) bond motifs is 1. The molecule has 1 amide bonds. The molecule has 2 aliphatic rings. The first kappa shape index (κ1) is 13.6. The van der Waals surface area contributed by atoms with E-state index in [1.54, 1.807) is 0 Å². The van der Waals surface area contributed by atoms with E-state index in [-0.39, 0.29) is 5.91 Å². The SMILES string of the molecule is Cc1ccc(C(=O)NCC(C)(O)C2CC2)c2c1CCC2. The zero-order valence-electron chi connectivity index (χ0n) is 12.3. The lowest BCUT2D eigenvalue weighted by Crippen LogP contribution is -2.42. The summed E-state index contributed by atoms with van der Waals surface area (Å²) in [6.45, 7) is 4.29. The zero-order chi connectivity index (χ0) is 14.3. The minimum atomic E-state index is -0.760. The lowest BCUT2D eigenvalue weighted by Gasteiger charge is -2.23. The van der Waals surface area contributed by atoms with Gasteiger partial charge >= 0.3 is 0 Å². The molecule has 0 saturated heterocycles. The molecule has 2 N–H and O–H groups in total. The van der Waals surface area contributed by atoms with Crippen LogP contribution in [0.15, 0.2) is 12.1 Å². The Kier molecular flexibility index (Phi) is 3.33. The third-order valence-corrected chi connectivity index (χ3v) is 4.83. The number of hydrogen-bond donors (Lipinski definition) is 2. The fraction of sp³-hybridized carbons (Fsp3) is 0.588. The highest BCUT2D eigenvalue weighted by Crippen LogP contribution is 2.39. The van der Waals surface area contributed by atoms with Gasteiger partial charge in [-0.15, -0.1) is 0 Å². The molecule has 1 saturated carbocycles. The molecular weight excluding hydrogens is 250 g/mol. The van der Waals surface area contributed by atoms with Gasteiger partial charge in [-0.3, -0.25) is 4.79 Å². The van der Waals surface area contributed by atoms with Crippen LogP contribution < -0.4 is 5.32 Å². The standard InChI is InChI=1S/C17H23NO2/c1-11-6-9-15(14-5-3-4-13(11)14)16(19)18-10-17(2,20)12-7-8-12/h6,9,12,20H,3-5,7-8,10H2,1-2H3,(H,18,19). The Balaban J connectivity index is 1.73. The summed E-state index contributed by atoms with van der Waals surface area (Å²) in [6, 6.07) is 3.97. The maximum absolute atomic E-state index is 12.4. The summed E-state index contributed by atoms with van der Waals surface area (Å²) in [5, 5.41) is 13.2. The molecule has 3 nitrogen and oxygen atoms in total. The van der Waals surface area contributed by atoms with Gasteiger partial charge in [-0.25, -0.2) is 0 Å². The number of benzene rings is 1. The van der Waals surface area contributed by atoms with Crippen LogP contribution >= 0.6 is 0 Å². The van der Waals surface area contributed by atoms with Gasteiger partial charge in [0.1, 0.15) is 0 Å². The van der Waals surface area contributed by atoms with E-state index in [0.29, 0.717) is 12.5 Å². The van der Waals surface area contributed by atoms with Crippen LogP contribution in [-0.4, -0.2) is 23.2 Å². The van der Waals surface area contributed by atoms with E-state index in [4.69, 9.17) is 0 Å². The predicted molar refractivity (Wildman–Crippen MR) is 78.9 cm³/mol. The molecule has 0 aromatic heterocycles. The normalized spacial score (nSPS) is 20.4. The van der Waals surface area contributed by atoms with Crippen LogP contribution in [-0.2, 0) is 12.8 Å². The summed E-state index contributed by atoms with van der Waals surface area (Å²) in [6.07, 6.45) is 5.37. The summed E-state index contributed by atoms with van der Waals surface area (Å²) in [5.41, 5.74) is 3.90. The number of hydrogen-bond acceptors (Lipinski definition) is 2. The summed E-state index contributed by atoms with van der Waals surface area (Å²) in [7, 11) is 0. The second kappa shape index (κ2) is 4.88. The highest BCUT2D eigenvalue weighted by Gasteiger charge is 2.40. The van der Waals surface area contributed by atoms with E-state index in [2.05, 4.69) is 12.2 Å². The van der Waals surface area contributed by atoms with E-state index >= 15 is 0 Å². The van der Waals surface area contributed by atoms with Crippen molar-refractivity contribution in [2.75, 3.05) is 6.54 Å². The van der Waals surface area contributed by atoms with Gasteiger partial charge in [0, 0.05) is 12.1 Å². The van der Waals surface area contributed by atoms with Gasteiger partial charge in [0.15, 0.2) is 0 Å². The third-order valence-electron chi connectivity index (χ3n) is 4.83. The number of carbonyl (C=O) groups is 1. The number of aliphatic hydroxyl groups is 1. The van der Waals surface area contributed by atoms with Crippen molar-refractivity contribution in [3.63, 3.8) is 0 Å². The number of rotatable bonds is 4. The monoisotopic (exact) mass is 273 g/mol. The average molecular weight is 273 g/mol. The van der Waals surface area contributed by atoms with Gasteiger partial charge in [-0.05, 0) is 74.6 Å². The van der Waals surface area contributed by atoms with Crippen LogP contribution in [0.3, 0.4) is 0 Å². The van der Waals surface area contributed by atoms with E-state index in [9.17, 15) is 9.90 Å². The molecule has 1 aromatic carbocycles. The Bertz CT molecular complexity index is 544. The Labute approximate surface area is 120 Å². The van der Waals surface area contributed by atoms with Crippen LogP contribution in [0.25, 0.3) is 0 Å². The fourth-order valence-electron chi connectivity index (χ4n) is 3.30. The molecule has 1 atom stereocenters. The number of amides is 1. The molecule has 0 spiro atoms. The molecule has 108 valence electrons. The molecular formula is C17H23NO2. The first-order valence-corrected chi connectivity index (χ1v) is 7.61. The van der Waals surface area contributed by atoms with Gasteiger partial charge in [-0.1, -0.05) is 6.07 Å². The van der Waals surface area contributed by atoms with Crippen molar-refractivity contribution in [1.29, 1.82) is 0 Å². The number of carbonyl (C=O) groups excluding carboxylic acids is 1. The Morgan fingerprint density at radius 2 is 2.05 bits per heavy atom. The predicted octanol–water partition coefficient (Wildman–Crippen LogP) is 2.37. The average Bonchev–Trinajstić information content (AvgIpc) is 3.16. The van der Waals surface area contributed by atoms with Crippen LogP contribution in [0.2, 0.25) is 0 Å². The topological polar surface area (TPSA) is 49.3 Å². The van der Waals surface area contributed by atoms with Crippen LogP contribution in [0, 0.1) is 12.8 Å². The fourth-order valence-corrected chi connectivity index (χ4v) is 3.30. The van der Waals surface area contributed by atoms with Crippen molar-refractivity contribution in [2.45, 2.75) is 51.6 Å². The molecule has 3 rings (SSSR count). The molecule has 0 heterocycles. The van der Waals surface area contributed by atoms with Gasteiger partial charge in [-0.2, -0.15) is 0 Å². The zero-order valence-corrected chi connectivity index (χ0v) is 12.3. The maximum Gasteiger partial charge on any atom is 0.251 e. The largest absolute Gasteiger partial charge is 0.388 e. The van der Waals surface area contributed by atoms with Crippen molar-refractivity contribution < 1.29 is 9.90 Å². The number of aryl methyl sites for hydroxylation is 1. The van der Waals surface area contributed by atoms with E-state index in [1.807, 2.05) is 19.1 Å². The van der Waals surface area contributed by atoms with Gasteiger partial charge < -0.3 is 10.4 Å². The smallest absolute Gasteiger partial charge is 0.251 e. The first-order valence-electron chi connectivity index (χ1n) is 7.61. The minimum absolute atomic E-state index is 0.0379. The molecule has 20 heavy (non-hydrogen) atoms. The second-order valence-corrected chi connectivity index (χ2v) is 6.55. The van der Waals surface area contributed by atoms with E-state index < -0.39 is 5.60 Å². The second-order valence-electron chi connectivity index (χ2n) is 6.55. The molecule has 0 aliphatic heterocycles. The maximum atomic E-state index is 12.4. The van der Waals surface area contributed by atoms with E-state index in [0.717, 1.165) is 37.7 Å². The van der Waals surface area contributed by atoms with Gasteiger partial charge in [0.2, 0.25) is 0 Å². The summed E-state index contributed by atoms with van der Waals surface area (Å²) in [5.74, 6) is 0.315. The molecule has 0 radical (unpaired) electrons. The van der Waals surface area contributed by atoms with Crippen LogP contribution in [0.5, 0.6) is 0 Å². The highest BCUT2D eigenvalue weighted by molar-refractivity contribution is 5.96. The van der Waals surface area contributed by atoms with Crippen molar-refractivity contribution >= 4 is 5.91 Å². The molecule has 0 bridgehead atoms. The number of nitrogens with one attached hydrogen (secondary N) is 1. The van der Waals surface area contributed by atoms with Gasteiger partial charge in [0.25, 0.3) is 5.91 Å². The summed E-state index contributed by atoms with van der Waals surface area (Å²) < 4.78 is 0. The third kappa shape index (κ3) is 2.47. The van der Waals surface area contributed by atoms with Gasteiger partial charge in [0.05, 0.1) is 5.60 Å². The van der Waals surface area contributed by atoms with Crippen LogP contribution in [0.1, 0.15) is 53.2 Å². The molecule has 1 unspecified atom stereocenters. The van der Waals surface area contributed by atoms with Crippen LogP contribution in [0.4, 0.5) is 0 Å². The molecule has 3 heteroatoms. The Morgan fingerprint density at radius 1 is 1.35 bits per heavy atom. The van der Waals surface area contributed by atoms with E-state index in [1.165, 1.54) is 16.7 Å². The van der Waals surface area contributed by atoms with Crippen molar-refractivity contribution in [1.82, 2.24) is 5.32 Å². The van der Waals surface area contributed by atoms with Crippen molar-refractivity contribution in [3.8, 4) is 0 Å². The quantitative estimate of drug-likeness (QED) is 0.885. The summed E-state index contributed by atoms with van der Waals surface area (Å²) in [4.78, 5) is 12.4. The minimum Gasteiger partial charge on any atom is -0.388 e. The first-order chi connectivity index (χ1) is 9.49. The molecule has 2 aliphatic carbocycles. The summed E-state index contributed by atoms with van der Waals surface area (Å²) >= 11 is 0. The molecule has 1 aromatic rings. The highest BCUT2D eigenvalue weighted by atomic mass is 16.3. The van der Waals surface area contributed by atoms with Crippen molar-refractivity contribution in [2.24, 2.45) is 5.92 Å².